The van der Waals surface area contributed by atoms with Crippen LogP contribution in [-0.4, -0.2) is 55.9 Å². The molecule has 0 saturated carbocycles. The van der Waals surface area contributed by atoms with Crippen LogP contribution in [0.25, 0.3) is 0 Å². The number of carbonyl (C=O) groups is 1. The monoisotopic (exact) mass is 280 g/mol. The average Bonchev–Trinajstić information content (AvgIpc) is 2.73. The van der Waals surface area contributed by atoms with E-state index in [0.29, 0.717) is 19.8 Å². The number of aryl methyl sites for hydroxylation is 1. The molecule has 1 unspecified atom stereocenters. The lowest BCUT2D eigenvalue weighted by atomic mass is 10.0. The molecular formula is C14H20N2O4. The van der Waals surface area contributed by atoms with E-state index in [-0.39, 0.29) is 12.5 Å². The molecule has 20 heavy (non-hydrogen) atoms. The van der Waals surface area contributed by atoms with Gasteiger partial charge in [-0.3, -0.25) is 9.69 Å². The van der Waals surface area contributed by atoms with Crippen LogP contribution in [0, 0.1) is 6.92 Å². The van der Waals surface area contributed by atoms with Crippen molar-refractivity contribution in [1.82, 2.24) is 10.2 Å². The minimum Gasteiger partial charge on any atom is -0.465 e. The first-order valence-electron chi connectivity index (χ1n) is 6.91. The zero-order valence-electron chi connectivity index (χ0n) is 11.7. The molecule has 1 atom stereocenters. The number of amides is 1. The van der Waals surface area contributed by atoms with Crippen LogP contribution in [0.3, 0.4) is 0 Å². The van der Waals surface area contributed by atoms with Gasteiger partial charge in [-0.25, -0.2) is 0 Å². The van der Waals surface area contributed by atoms with E-state index in [1.54, 1.807) is 0 Å². The van der Waals surface area contributed by atoms with E-state index >= 15 is 0 Å². The van der Waals surface area contributed by atoms with Crippen LogP contribution in [0.5, 0.6) is 0 Å². The second-order valence-corrected chi connectivity index (χ2v) is 5.52. The summed E-state index contributed by atoms with van der Waals surface area (Å²) in [6.45, 7) is 6.02. The van der Waals surface area contributed by atoms with E-state index in [9.17, 15) is 4.79 Å². The SMILES string of the molecule is Cc1ccc(CN2CCOCC3(CNC(=O)CO3)C2)o1. The fourth-order valence-electron chi connectivity index (χ4n) is 2.68. The smallest absolute Gasteiger partial charge is 0.246 e. The molecule has 1 N–H and O–H groups in total. The minimum absolute atomic E-state index is 0.0620. The summed E-state index contributed by atoms with van der Waals surface area (Å²) in [4.78, 5) is 13.5. The Bertz CT molecular complexity index is 475. The molecule has 0 aliphatic carbocycles. The summed E-state index contributed by atoms with van der Waals surface area (Å²) in [5.74, 6) is 1.80. The highest BCUT2D eigenvalue weighted by atomic mass is 16.5. The predicted octanol–water partition coefficient (Wildman–Crippen LogP) is 0.305. The second-order valence-electron chi connectivity index (χ2n) is 5.52. The third kappa shape index (κ3) is 3.03. The Balaban J connectivity index is 1.67. The Morgan fingerprint density at radius 2 is 2.35 bits per heavy atom. The van der Waals surface area contributed by atoms with E-state index in [0.717, 1.165) is 31.2 Å². The molecule has 0 aromatic carbocycles. The van der Waals surface area contributed by atoms with Gasteiger partial charge in [0.25, 0.3) is 0 Å². The lowest BCUT2D eigenvalue weighted by Gasteiger charge is -2.38. The van der Waals surface area contributed by atoms with Crippen LogP contribution < -0.4 is 5.32 Å². The summed E-state index contributed by atoms with van der Waals surface area (Å²) < 4.78 is 17.0. The Morgan fingerprint density at radius 3 is 3.05 bits per heavy atom. The molecule has 1 amide bonds. The van der Waals surface area contributed by atoms with Gasteiger partial charge >= 0.3 is 0 Å². The lowest BCUT2D eigenvalue weighted by molar-refractivity contribution is -0.152. The molecule has 2 fully saturated rings. The van der Waals surface area contributed by atoms with Gasteiger partial charge < -0.3 is 19.2 Å². The molecule has 2 aliphatic heterocycles. The molecule has 2 saturated heterocycles. The number of hydrogen-bond donors (Lipinski definition) is 1. The highest BCUT2D eigenvalue weighted by Gasteiger charge is 2.39. The number of nitrogens with one attached hydrogen (secondary N) is 1. The molecule has 0 bridgehead atoms. The van der Waals surface area contributed by atoms with Crippen LogP contribution in [-0.2, 0) is 20.8 Å². The van der Waals surface area contributed by atoms with Crippen LogP contribution >= 0.6 is 0 Å². The van der Waals surface area contributed by atoms with E-state index in [1.807, 2.05) is 19.1 Å². The predicted molar refractivity (Wildman–Crippen MR) is 71.2 cm³/mol. The van der Waals surface area contributed by atoms with E-state index < -0.39 is 5.60 Å². The van der Waals surface area contributed by atoms with Crippen molar-refractivity contribution in [3.05, 3.63) is 23.7 Å². The zero-order valence-corrected chi connectivity index (χ0v) is 11.7. The number of rotatable bonds is 2. The quantitative estimate of drug-likeness (QED) is 0.844. The number of morpholine rings is 1. The van der Waals surface area contributed by atoms with Gasteiger partial charge in [0, 0.05) is 13.1 Å². The Kier molecular flexibility index (Phi) is 3.78. The first-order valence-corrected chi connectivity index (χ1v) is 6.91. The normalized spacial score (nSPS) is 28.4. The van der Waals surface area contributed by atoms with Gasteiger partial charge in [-0.05, 0) is 19.1 Å². The summed E-state index contributed by atoms with van der Waals surface area (Å²) in [5.41, 5.74) is -0.438. The van der Waals surface area contributed by atoms with Crippen molar-refractivity contribution in [2.75, 3.05) is 39.5 Å². The van der Waals surface area contributed by atoms with Crippen LogP contribution in [0.2, 0.25) is 0 Å². The van der Waals surface area contributed by atoms with Gasteiger partial charge in [-0.2, -0.15) is 0 Å². The largest absolute Gasteiger partial charge is 0.465 e. The third-order valence-corrected chi connectivity index (χ3v) is 3.72. The molecule has 3 heterocycles. The molecule has 2 aliphatic rings. The van der Waals surface area contributed by atoms with Gasteiger partial charge in [0.2, 0.25) is 5.91 Å². The molecular weight excluding hydrogens is 260 g/mol. The number of nitrogens with zero attached hydrogens (tertiary/aromatic N) is 1. The molecule has 0 radical (unpaired) electrons. The van der Waals surface area contributed by atoms with Gasteiger partial charge in [0.15, 0.2) is 0 Å². The Hall–Kier alpha value is -1.37. The number of carbonyl (C=O) groups excluding carboxylic acids is 1. The summed E-state index contributed by atoms with van der Waals surface area (Å²) in [6, 6.07) is 3.97. The van der Waals surface area contributed by atoms with Crippen LogP contribution in [0.1, 0.15) is 11.5 Å². The molecule has 1 aromatic rings. The minimum atomic E-state index is -0.438. The van der Waals surface area contributed by atoms with Gasteiger partial charge in [0.1, 0.15) is 23.7 Å². The van der Waals surface area contributed by atoms with E-state index in [4.69, 9.17) is 13.9 Å². The van der Waals surface area contributed by atoms with Gasteiger partial charge in [0.05, 0.1) is 26.3 Å². The molecule has 1 aromatic heterocycles. The number of furan rings is 1. The fraction of sp³-hybridized carbons (Fsp3) is 0.643. The van der Waals surface area contributed by atoms with Gasteiger partial charge in [-0.15, -0.1) is 0 Å². The summed E-state index contributed by atoms with van der Waals surface area (Å²) in [6.07, 6.45) is 0. The highest BCUT2D eigenvalue weighted by molar-refractivity contribution is 5.78. The van der Waals surface area contributed by atoms with E-state index in [1.165, 1.54) is 0 Å². The van der Waals surface area contributed by atoms with Crippen molar-refractivity contribution in [2.24, 2.45) is 0 Å². The molecule has 6 nitrogen and oxygen atoms in total. The van der Waals surface area contributed by atoms with Crippen molar-refractivity contribution in [1.29, 1.82) is 0 Å². The third-order valence-electron chi connectivity index (χ3n) is 3.72. The number of ether oxygens (including phenoxy) is 2. The number of hydrogen-bond acceptors (Lipinski definition) is 5. The van der Waals surface area contributed by atoms with Crippen molar-refractivity contribution in [2.45, 2.75) is 19.1 Å². The average molecular weight is 280 g/mol. The first-order chi connectivity index (χ1) is 9.65. The first kappa shape index (κ1) is 13.6. The Labute approximate surface area is 118 Å². The van der Waals surface area contributed by atoms with Crippen LogP contribution in [0.15, 0.2) is 16.5 Å². The molecule has 3 rings (SSSR count). The van der Waals surface area contributed by atoms with Crippen molar-refractivity contribution >= 4 is 5.91 Å². The van der Waals surface area contributed by atoms with E-state index in [2.05, 4.69) is 10.2 Å². The zero-order chi connectivity index (χ0) is 14.0. The summed E-state index contributed by atoms with van der Waals surface area (Å²) in [5, 5.41) is 2.86. The molecule has 6 heteroatoms. The molecule has 1 spiro atoms. The summed E-state index contributed by atoms with van der Waals surface area (Å²) >= 11 is 0. The Morgan fingerprint density at radius 1 is 1.45 bits per heavy atom. The maximum atomic E-state index is 11.2. The van der Waals surface area contributed by atoms with Crippen LogP contribution in [0.4, 0.5) is 0 Å². The lowest BCUT2D eigenvalue weighted by Crippen LogP contribution is -2.59. The summed E-state index contributed by atoms with van der Waals surface area (Å²) in [7, 11) is 0. The fourth-order valence-corrected chi connectivity index (χ4v) is 2.68. The van der Waals surface area contributed by atoms with Crippen molar-refractivity contribution < 1.29 is 18.7 Å². The highest BCUT2D eigenvalue weighted by Crippen LogP contribution is 2.21. The molecule has 110 valence electrons. The maximum absolute atomic E-state index is 11.2. The van der Waals surface area contributed by atoms with Crippen molar-refractivity contribution in [3.8, 4) is 0 Å². The standard InChI is InChI=1S/C14H20N2O4/c1-11-2-3-12(20-11)6-16-4-5-18-10-14(9-16)8-15-13(17)7-19-14/h2-3H,4-10H2,1H3,(H,15,17). The maximum Gasteiger partial charge on any atom is 0.246 e. The van der Waals surface area contributed by atoms with Gasteiger partial charge in [-0.1, -0.05) is 0 Å². The van der Waals surface area contributed by atoms with Crippen molar-refractivity contribution in [3.63, 3.8) is 0 Å². The second kappa shape index (κ2) is 5.55. The topological polar surface area (TPSA) is 63.9 Å².